The number of esters is 1. The van der Waals surface area contributed by atoms with Gasteiger partial charge in [0.05, 0.1) is 6.54 Å². The molecular formula is C19H18N2O4S2. The van der Waals surface area contributed by atoms with Gasteiger partial charge in [0.2, 0.25) is 0 Å². The number of carbonyl (C=O) groups excluding carboxylic acids is 2. The number of ether oxygens (including phenoxy) is 1. The molecular weight excluding hydrogens is 384 g/mol. The molecule has 1 amide bonds. The molecule has 3 aromatic rings. The van der Waals surface area contributed by atoms with Gasteiger partial charge in [-0.15, -0.1) is 17.9 Å². The van der Waals surface area contributed by atoms with Crippen molar-refractivity contribution in [2.75, 3.05) is 18.9 Å². The highest BCUT2D eigenvalue weighted by molar-refractivity contribution is 7.99. The SMILES string of the molecule is C=CCN(Cc1cccs1)C(=O)COC(=O)CSc1nc2ccccc2o1. The van der Waals surface area contributed by atoms with E-state index in [2.05, 4.69) is 11.6 Å². The van der Waals surface area contributed by atoms with E-state index in [1.165, 1.54) is 0 Å². The predicted molar refractivity (Wildman–Crippen MR) is 106 cm³/mol. The fraction of sp³-hybridized carbons (Fsp3) is 0.211. The lowest BCUT2D eigenvalue weighted by molar-refractivity contribution is -0.149. The number of nitrogens with zero attached hydrogens (tertiary/aromatic N) is 2. The van der Waals surface area contributed by atoms with Crippen LogP contribution in [0.3, 0.4) is 0 Å². The summed E-state index contributed by atoms with van der Waals surface area (Å²) in [6.07, 6.45) is 1.65. The highest BCUT2D eigenvalue weighted by Crippen LogP contribution is 2.23. The van der Waals surface area contributed by atoms with Gasteiger partial charge in [-0.05, 0) is 23.6 Å². The number of amides is 1. The second-order valence-corrected chi connectivity index (χ2v) is 7.50. The smallest absolute Gasteiger partial charge is 0.316 e. The molecule has 0 unspecified atom stereocenters. The van der Waals surface area contributed by atoms with Gasteiger partial charge in [0.25, 0.3) is 11.1 Å². The Morgan fingerprint density at radius 2 is 2.15 bits per heavy atom. The molecule has 0 N–H and O–H groups in total. The average molecular weight is 402 g/mol. The van der Waals surface area contributed by atoms with E-state index >= 15 is 0 Å². The molecule has 0 fully saturated rings. The number of thiophene rings is 1. The lowest BCUT2D eigenvalue weighted by Crippen LogP contribution is -2.34. The van der Waals surface area contributed by atoms with Gasteiger partial charge in [-0.3, -0.25) is 9.59 Å². The Balaban J connectivity index is 1.46. The number of hydrogen-bond acceptors (Lipinski definition) is 7. The Kier molecular flexibility index (Phi) is 6.67. The molecule has 140 valence electrons. The van der Waals surface area contributed by atoms with Gasteiger partial charge in [-0.2, -0.15) is 0 Å². The Hall–Kier alpha value is -2.58. The van der Waals surface area contributed by atoms with E-state index in [9.17, 15) is 9.59 Å². The zero-order valence-corrected chi connectivity index (χ0v) is 16.1. The molecule has 8 heteroatoms. The van der Waals surface area contributed by atoms with Crippen molar-refractivity contribution in [3.05, 3.63) is 59.3 Å². The number of fused-ring (bicyclic) bond motifs is 1. The molecule has 27 heavy (non-hydrogen) atoms. The maximum atomic E-state index is 12.3. The number of oxazole rings is 1. The van der Waals surface area contributed by atoms with Gasteiger partial charge >= 0.3 is 5.97 Å². The second kappa shape index (κ2) is 9.38. The first-order chi connectivity index (χ1) is 13.2. The van der Waals surface area contributed by atoms with Crippen molar-refractivity contribution in [2.24, 2.45) is 0 Å². The second-order valence-electron chi connectivity index (χ2n) is 5.54. The Morgan fingerprint density at radius 1 is 1.30 bits per heavy atom. The average Bonchev–Trinajstić information content (AvgIpc) is 3.33. The largest absolute Gasteiger partial charge is 0.455 e. The summed E-state index contributed by atoms with van der Waals surface area (Å²) in [6, 6.07) is 11.3. The first-order valence-corrected chi connectivity index (χ1v) is 10.1. The fourth-order valence-corrected chi connectivity index (χ4v) is 3.67. The first kappa shape index (κ1) is 19.2. The van der Waals surface area contributed by atoms with Crippen LogP contribution in [0.25, 0.3) is 11.1 Å². The zero-order valence-electron chi connectivity index (χ0n) is 14.5. The van der Waals surface area contributed by atoms with Crippen molar-refractivity contribution in [2.45, 2.75) is 11.8 Å². The lowest BCUT2D eigenvalue weighted by Gasteiger charge is -2.20. The van der Waals surface area contributed by atoms with Crippen molar-refractivity contribution in [3.8, 4) is 0 Å². The van der Waals surface area contributed by atoms with E-state index in [1.807, 2.05) is 41.8 Å². The number of carbonyl (C=O) groups is 2. The van der Waals surface area contributed by atoms with E-state index < -0.39 is 5.97 Å². The zero-order chi connectivity index (χ0) is 19.1. The summed E-state index contributed by atoms with van der Waals surface area (Å²) in [5, 5.41) is 2.35. The van der Waals surface area contributed by atoms with Gasteiger partial charge in [-0.25, -0.2) is 4.98 Å². The minimum atomic E-state index is -0.495. The Morgan fingerprint density at radius 3 is 2.89 bits per heavy atom. The molecule has 1 aromatic carbocycles. The molecule has 0 saturated carbocycles. The molecule has 0 aliphatic carbocycles. The molecule has 2 aromatic heterocycles. The fourth-order valence-electron chi connectivity index (χ4n) is 2.31. The van der Waals surface area contributed by atoms with Crippen molar-refractivity contribution in [1.29, 1.82) is 0 Å². The number of hydrogen-bond donors (Lipinski definition) is 0. The highest BCUT2D eigenvalue weighted by atomic mass is 32.2. The van der Waals surface area contributed by atoms with Gasteiger partial charge in [0.15, 0.2) is 12.2 Å². The normalized spacial score (nSPS) is 10.7. The molecule has 0 saturated heterocycles. The van der Waals surface area contributed by atoms with Crippen LogP contribution in [0.5, 0.6) is 0 Å². The lowest BCUT2D eigenvalue weighted by atomic mass is 10.3. The third-order valence-corrected chi connectivity index (χ3v) is 5.24. The van der Waals surface area contributed by atoms with Crippen LogP contribution in [0.4, 0.5) is 0 Å². The van der Waals surface area contributed by atoms with Gasteiger partial charge in [0.1, 0.15) is 11.3 Å². The predicted octanol–water partition coefficient (Wildman–Crippen LogP) is 3.74. The maximum absolute atomic E-state index is 12.3. The highest BCUT2D eigenvalue weighted by Gasteiger charge is 2.16. The monoisotopic (exact) mass is 402 g/mol. The van der Waals surface area contributed by atoms with Crippen molar-refractivity contribution in [1.82, 2.24) is 9.88 Å². The molecule has 6 nitrogen and oxygen atoms in total. The molecule has 0 aliphatic rings. The third kappa shape index (κ3) is 5.45. The number of para-hydroxylation sites is 2. The molecule has 2 heterocycles. The quantitative estimate of drug-likeness (QED) is 0.308. The van der Waals surface area contributed by atoms with E-state index in [1.54, 1.807) is 22.3 Å². The van der Waals surface area contributed by atoms with Crippen LogP contribution in [-0.4, -0.2) is 40.7 Å². The summed E-state index contributed by atoms with van der Waals surface area (Å²) in [4.78, 5) is 31.2. The first-order valence-electron chi connectivity index (χ1n) is 8.21. The summed E-state index contributed by atoms with van der Waals surface area (Å²) in [7, 11) is 0. The van der Waals surface area contributed by atoms with Gasteiger partial charge in [-0.1, -0.05) is 36.0 Å². The van der Waals surface area contributed by atoms with E-state index in [-0.39, 0.29) is 18.3 Å². The van der Waals surface area contributed by atoms with E-state index in [4.69, 9.17) is 9.15 Å². The van der Waals surface area contributed by atoms with Crippen LogP contribution >= 0.6 is 23.1 Å². The van der Waals surface area contributed by atoms with Crippen LogP contribution in [-0.2, 0) is 20.9 Å². The molecule has 0 atom stereocenters. The molecule has 0 radical (unpaired) electrons. The molecule has 3 rings (SSSR count). The van der Waals surface area contributed by atoms with Crippen LogP contribution in [0, 0.1) is 0 Å². The number of thioether (sulfide) groups is 1. The van der Waals surface area contributed by atoms with Gasteiger partial charge in [0, 0.05) is 11.4 Å². The van der Waals surface area contributed by atoms with E-state index in [0.717, 1.165) is 22.2 Å². The van der Waals surface area contributed by atoms with Crippen molar-refractivity contribution in [3.63, 3.8) is 0 Å². The summed E-state index contributed by atoms with van der Waals surface area (Å²) in [5.41, 5.74) is 1.40. The van der Waals surface area contributed by atoms with Crippen LogP contribution < -0.4 is 0 Å². The summed E-state index contributed by atoms with van der Waals surface area (Å²) in [6.45, 7) is 4.23. The summed E-state index contributed by atoms with van der Waals surface area (Å²) < 4.78 is 10.6. The van der Waals surface area contributed by atoms with Crippen LogP contribution in [0.15, 0.2) is 64.1 Å². The molecule has 0 bridgehead atoms. The summed E-state index contributed by atoms with van der Waals surface area (Å²) >= 11 is 2.71. The van der Waals surface area contributed by atoms with Crippen molar-refractivity contribution >= 4 is 46.1 Å². The number of aromatic nitrogens is 1. The standard InChI is InChI=1S/C19H18N2O4S2/c1-2-9-21(11-14-6-5-10-26-14)17(22)12-24-18(23)13-27-19-20-15-7-3-4-8-16(15)25-19/h2-8,10H,1,9,11-13H2. The minimum Gasteiger partial charge on any atom is -0.455 e. The van der Waals surface area contributed by atoms with E-state index in [0.29, 0.717) is 23.9 Å². The van der Waals surface area contributed by atoms with Crippen LogP contribution in [0.2, 0.25) is 0 Å². The minimum absolute atomic E-state index is 0.0203. The summed E-state index contributed by atoms with van der Waals surface area (Å²) in [5.74, 6) is -0.735. The third-order valence-electron chi connectivity index (χ3n) is 3.57. The maximum Gasteiger partial charge on any atom is 0.316 e. The number of rotatable bonds is 9. The topological polar surface area (TPSA) is 72.6 Å². The Bertz CT molecular complexity index is 888. The van der Waals surface area contributed by atoms with Crippen LogP contribution in [0.1, 0.15) is 4.88 Å². The molecule has 0 spiro atoms. The van der Waals surface area contributed by atoms with Gasteiger partial charge < -0.3 is 14.1 Å². The molecule has 0 aliphatic heterocycles. The number of benzene rings is 1. The Labute approximate surface area is 164 Å². The van der Waals surface area contributed by atoms with Crippen molar-refractivity contribution < 1.29 is 18.7 Å².